The Kier molecular flexibility index (Phi) is 6.38. The summed E-state index contributed by atoms with van der Waals surface area (Å²) in [6.07, 6.45) is 7.88. The van der Waals surface area contributed by atoms with Gasteiger partial charge in [0.05, 0.1) is 23.1 Å². The lowest BCUT2D eigenvalue weighted by Crippen LogP contribution is -2.14. The number of nitrogens with zero attached hydrogens (tertiary/aromatic N) is 5. The van der Waals surface area contributed by atoms with Crippen LogP contribution in [0.25, 0.3) is 33.5 Å². The topological polar surface area (TPSA) is 60.6 Å². The van der Waals surface area contributed by atoms with E-state index < -0.39 is 0 Å². The molecule has 4 heterocycles. The number of nitrogens with one attached hydrogen (secondary N) is 1. The molecular weight excluding hydrogens is 487 g/mol. The predicted octanol–water partition coefficient (Wildman–Crippen LogP) is 7.15. The van der Waals surface area contributed by atoms with E-state index in [1.807, 2.05) is 18.2 Å². The Bertz CT molecular complexity index is 1550. The number of aryl methyl sites for hydroxylation is 1. The first-order chi connectivity index (χ1) is 18.1. The lowest BCUT2D eigenvalue weighted by Gasteiger charge is -2.19. The number of anilines is 1. The summed E-state index contributed by atoms with van der Waals surface area (Å²) in [6, 6.07) is 16.7. The van der Waals surface area contributed by atoms with E-state index >= 15 is 0 Å². The first-order valence-corrected chi connectivity index (χ1v) is 13.2. The molecule has 5 aromatic rings. The second-order valence-electron chi connectivity index (χ2n) is 9.48. The van der Waals surface area contributed by atoms with Gasteiger partial charge in [0.2, 0.25) is 5.95 Å². The van der Waals surface area contributed by atoms with Gasteiger partial charge in [-0.1, -0.05) is 31.0 Å². The van der Waals surface area contributed by atoms with Crippen LogP contribution in [0.15, 0.2) is 67.0 Å². The van der Waals surface area contributed by atoms with E-state index in [0.717, 1.165) is 83.2 Å². The SMILES string of the molecule is CCCCNc1nccc(-c2c(-c3ccc(F)cc3)nc3n2C(Cn2ccc4c(Cl)cccc42)CC3)n1. The van der Waals surface area contributed by atoms with Crippen molar-refractivity contribution in [3.05, 3.63) is 83.7 Å². The van der Waals surface area contributed by atoms with Crippen molar-refractivity contribution in [1.82, 2.24) is 24.1 Å². The minimum Gasteiger partial charge on any atom is -0.354 e. The van der Waals surface area contributed by atoms with Crippen LogP contribution >= 0.6 is 11.6 Å². The molecule has 3 aromatic heterocycles. The molecule has 0 saturated heterocycles. The van der Waals surface area contributed by atoms with E-state index in [1.54, 1.807) is 18.3 Å². The highest BCUT2D eigenvalue weighted by Gasteiger charge is 2.31. The quantitative estimate of drug-likeness (QED) is 0.223. The molecule has 0 saturated carbocycles. The molecule has 6 rings (SSSR count). The van der Waals surface area contributed by atoms with Gasteiger partial charge >= 0.3 is 0 Å². The zero-order valence-corrected chi connectivity index (χ0v) is 21.4. The highest BCUT2D eigenvalue weighted by atomic mass is 35.5. The molecule has 0 spiro atoms. The number of halogens is 2. The summed E-state index contributed by atoms with van der Waals surface area (Å²) >= 11 is 6.44. The maximum absolute atomic E-state index is 13.8. The molecule has 0 aliphatic carbocycles. The number of benzene rings is 2. The first kappa shape index (κ1) is 23.7. The van der Waals surface area contributed by atoms with Crippen molar-refractivity contribution >= 4 is 28.5 Å². The van der Waals surface area contributed by atoms with Crippen LogP contribution in [0.1, 0.15) is 38.1 Å². The van der Waals surface area contributed by atoms with Gasteiger partial charge in [-0.2, -0.15) is 0 Å². The number of unbranched alkanes of at least 4 members (excludes halogenated alkanes) is 1. The van der Waals surface area contributed by atoms with Gasteiger partial charge in [0, 0.05) is 53.4 Å². The van der Waals surface area contributed by atoms with Gasteiger partial charge in [-0.3, -0.25) is 0 Å². The Balaban J connectivity index is 1.44. The van der Waals surface area contributed by atoms with Crippen LogP contribution in [0.5, 0.6) is 0 Å². The van der Waals surface area contributed by atoms with Crippen molar-refractivity contribution in [2.24, 2.45) is 0 Å². The molecule has 1 aliphatic heterocycles. The van der Waals surface area contributed by atoms with E-state index in [0.29, 0.717) is 5.95 Å². The summed E-state index contributed by atoms with van der Waals surface area (Å²) in [5.41, 5.74) is 4.55. The Labute approximate surface area is 220 Å². The van der Waals surface area contributed by atoms with Crippen molar-refractivity contribution in [3.8, 4) is 22.6 Å². The monoisotopic (exact) mass is 514 g/mol. The largest absolute Gasteiger partial charge is 0.354 e. The second kappa shape index (κ2) is 9.98. The van der Waals surface area contributed by atoms with E-state index in [2.05, 4.69) is 44.7 Å². The normalized spacial score (nSPS) is 14.8. The fraction of sp³-hybridized carbons (Fsp3) is 0.276. The maximum Gasteiger partial charge on any atom is 0.223 e. The summed E-state index contributed by atoms with van der Waals surface area (Å²) in [4.78, 5) is 14.4. The van der Waals surface area contributed by atoms with Crippen LogP contribution in [0.2, 0.25) is 5.02 Å². The minimum atomic E-state index is -0.266. The molecular formula is C29H28ClFN6. The molecule has 188 valence electrons. The summed E-state index contributed by atoms with van der Waals surface area (Å²) in [5.74, 6) is 1.36. The number of imidazole rings is 1. The van der Waals surface area contributed by atoms with Crippen LogP contribution < -0.4 is 5.32 Å². The fourth-order valence-corrected chi connectivity index (χ4v) is 5.46. The highest BCUT2D eigenvalue weighted by molar-refractivity contribution is 6.35. The molecule has 0 amide bonds. The number of rotatable bonds is 8. The van der Waals surface area contributed by atoms with Crippen molar-refractivity contribution in [2.45, 2.75) is 45.2 Å². The first-order valence-electron chi connectivity index (χ1n) is 12.8. The van der Waals surface area contributed by atoms with Crippen molar-refractivity contribution < 1.29 is 4.39 Å². The minimum absolute atomic E-state index is 0.188. The molecule has 1 N–H and O–H groups in total. The molecule has 0 bridgehead atoms. The molecule has 37 heavy (non-hydrogen) atoms. The summed E-state index contributed by atoms with van der Waals surface area (Å²) < 4.78 is 18.3. The molecule has 1 aliphatic rings. The molecule has 8 heteroatoms. The second-order valence-corrected chi connectivity index (χ2v) is 9.89. The molecule has 0 radical (unpaired) electrons. The van der Waals surface area contributed by atoms with Gasteiger partial charge in [-0.15, -0.1) is 0 Å². The predicted molar refractivity (Wildman–Crippen MR) is 146 cm³/mol. The van der Waals surface area contributed by atoms with Crippen molar-refractivity contribution in [1.29, 1.82) is 0 Å². The van der Waals surface area contributed by atoms with Gasteiger partial charge in [0.1, 0.15) is 11.6 Å². The van der Waals surface area contributed by atoms with E-state index in [4.69, 9.17) is 21.6 Å². The highest BCUT2D eigenvalue weighted by Crippen LogP contribution is 2.40. The average molecular weight is 515 g/mol. The molecule has 1 atom stereocenters. The van der Waals surface area contributed by atoms with Crippen molar-refractivity contribution in [3.63, 3.8) is 0 Å². The third kappa shape index (κ3) is 4.48. The van der Waals surface area contributed by atoms with Crippen LogP contribution in [0, 0.1) is 5.82 Å². The number of aromatic nitrogens is 5. The molecule has 6 nitrogen and oxygen atoms in total. The maximum atomic E-state index is 13.8. The number of hydrogen-bond acceptors (Lipinski definition) is 4. The smallest absolute Gasteiger partial charge is 0.223 e. The average Bonchev–Trinajstić information content (AvgIpc) is 3.60. The van der Waals surface area contributed by atoms with Crippen molar-refractivity contribution in [2.75, 3.05) is 11.9 Å². The van der Waals surface area contributed by atoms with Gasteiger partial charge in [-0.05, 0) is 61.4 Å². The zero-order valence-electron chi connectivity index (χ0n) is 20.7. The summed E-state index contributed by atoms with van der Waals surface area (Å²) in [6.45, 7) is 3.77. The Morgan fingerprint density at radius 3 is 2.78 bits per heavy atom. The van der Waals surface area contributed by atoms with Gasteiger partial charge in [-0.25, -0.2) is 19.3 Å². The van der Waals surface area contributed by atoms with E-state index in [-0.39, 0.29) is 11.9 Å². The Morgan fingerprint density at radius 2 is 1.95 bits per heavy atom. The number of hydrogen-bond donors (Lipinski definition) is 1. The Hall–Kier alpha value is -3.71. The zero-order chi connectivity index (χ0) is 25.4. The lowest BCUT2D eigenvalue weighted by atomic mass is 10.1. The standard InChI is InChI=1S/C29H28ClFN6/c1-2-3-15-32-29-33-16-13-24(34-29)28-27(19-7-9-20(31)10-8-19)35-26-12-11-21(37(26)28)18-36-17-14-22-23(30)5-4-6-25(22)36/h4-10,13-14,16-17,21H,2-3,11-12,15,18H2,1H3,(H,32,33,34). The van der Waals surface area contributed by atoms with Crippen LogP contribution in [0.4, 0.5) is 10.3 Å². The van der Waals surface area contributed by atoms with Gasteiger partial charge in [0.25, 0.3) is 0 Å². The third-order valence-electron chi connectivity index (χ3n) is 7.05. The molecule has 2 aromatic carbocycles. The number of fused-ring (bicyclic) bond motifs is 2. The van der Waals surface area contributed by atoms with Gasteiger partial charge in [0.15, 0.2) is 0 Å². The van der Waals surface area contributed by atoms with Crippen LogP contribution in [-0.2, 0) is 13.0 Å². The third-order valence-corrected chi connectivity index (χ3v) is 7.38. The van der Waals surface area contributed by atoms with Crippen LogP contribution in [-0.4, -0.2) is 30.6 Å². The Morgan fingerprint density at radius 1 is 1.08 bits per heavy atom. The summed E-state index contributed by atoms with van der Waals surface area (Å²) in [7, 11) is 0. The molecule has 1 unspecified atom stereocenters. The fourth-order valence-electron chi connectivity index (χ4n) is 5.23. The molecule has 0 fully saturated rings. The lowest BCUT2D eigenvalue weighted by molar-refractivity contribution is 0.459. The van der Waals surface area contributed by atoms with Crippen LogP contribution in [0.3, 0.4) is 0 Å². The summed E-state index contributed by atoms with van der Waals surface area (Å²) in [5, 5.41) is 5.15. The van der Waals surface area contributed by atoms with Gasteiger partial charge < -0.3 is 14.5 Å². The van der Waals surface area contributed by atoms with E-state index in [1.165, 1.54) is 12.1 Å². The van der Waals surface area contributed by atoms with E-state index in [9.17, 15) is 4.39 Å².